The van der Waals surface area contributed by atoms with Crippen LogP contribution in [0.15, 0.2) is 23.2 Å². The number of fused-ring (bicyclic) bond motifs is 1. The molecule has 0 unspecified atom stereocenters. The van der Waals surface area contributed by atoms with Crippen LogP contribution in [0.2, 0.25) is 0 Å². The number of nitrogens with zero attached hydrogens (tertiary/aromatic N) is 2. The SMILES string of the molecule is CC(C)COCCCN=C(NCCC1CCN(C)CC1)Nc1ccc2c(c1)OCCCO2.I. The molecule has 1 fully saturated rings. The molecule has 1 aromatic carbocycles. The fourth-order valence-electron chi connectivity index (χ4n) is 3.94. The molecule has 8 heteroatoms. The number of nitrogens with one attached hydrogen (secondary N) is 2. The number of anilines is 1. The number of hydrogen-bond acceptors (Lipinski definition) is 5. The number of ether oxygens (including phenoxy) is 3. The van der Waals surface area contributed by atoms with E-state index in [1.807, 2.05) is 18.2 Å². The summed E-state index contributed by atoms with van der Waals surface area (Å²) in [7, 11) is 2.21. The maximum Gasteiger partial charge on any atom is 0.195 e. The van der Waals surface area contributed by atoms with Gasteiger partial charge in [-0.3, -0.25) is 4.99 Å². The van der Waals surface area contributed by atoms with Gasteiger partial charge >= 0.3 is 0 Å². The van der Waals surface area contributed by atoms with E-state index in [1.165, 1.54) is 32.4 Å². The van der Waals surface area contributed by atoms with Gasteiger partial charge in [0.1, 0.15) is 0 Å². The Morgan fingerprint density at radius 2 is 1.94 bits per heavy atom. The second-order valence-corrected chi connectivity index (χ2v) is 9.35. The van der Waals surface area contributed by atoms with Gasteiger partial charge in [-0.15, -0.1) is 24.0 Å². The van der Waals surface area contributed by atoms with Gasteiger partial charge in [0.25, 0.3) is 0 Å². The number of benzene rings is 1. The highest BCUT2D eigenvalue weighted by atomic mass is 127. The summed E-state index contributed by atoms with van der Waals surface area (Å²) in [4.78, 5) is 7.22. The van der Waals surface area contributed by atoms with Crippen LogP contribution >= 0.6 is 24.0 Å². The highest BCUT2D eigenvalue weighted by molar-refractivity contribution is 14.0. The number of hydrogen-bond donors (Lipinski definition) is 2. The van der Waals surface area contributed by atoms with E-state index in [9.17, 15) is 0 Å². The molecule has 3 rings (SSSR count). The highest BCUT2D eigenvalue weighted by Gasteiger charge is 2.16. The molecule has 2 aliphatic heterocycles. The van der Waals surface area contributed by atoms with Crippen LogP contribution in [0.4, 0.5) is 5.69 Å². The fourth-order valence-corrected chi connectivity index (χ4v) is 3.94. The number of guanidine groups is 1. The average molecular weight is 575 g/mol. The van der Waals surface area contributed by atoms with Crippen molar-refractivity contribution in [2.24, 2.45) is 16.8 Å². The summed E-state index contributed by atoms with van der Waals surface area (Å²) in [5, 5.41) is 7.00. The lowest BCUT2D eigenvalue weighted by Gasteiger charge is -2.29. The molecule has 0 radical (unpaired) electrons. The topological polar surface area (TPSA) is 67.4 Å². The molecule has 33 heavy (non-hydrogen) atoms. The van der Waals surface area contributed by atoms with Crippen molar-refractivity contribution >= 4 is 35.6 Å². The molecule has 0 aliphatic carbocycles. The smallest absolute Gasteiger partial charge is 0.195 e. The van der Waals surface area contributed by atoms with Crippen LogP contribution in [0.3, 0.4) is 0 Å². The Morgan fingerprint density at radius 1 is 1.18 bits per heavy atom. The summed E-state index contributed by atoms with van der Waals surface area (Å²) in [6.45, 7) is 11.3. The Kier molecular flexibility index (Phi) is 13.2. The van der Waals surface area contributed by atoms with Crippen molar-refractivity contribution in [2.45, 2.75) is 46.0 Å². The summed E-state index contributed by atoms with van der Waals surface area (Å²) < 4.78 is 17.3. The monoisotopic (exact) mass is 574 g/mol. The normalized spacial score (nSPS) is 17.4. The molecule has 1 saturated heterocycles. The van der Waals surface area contributed by atoms with Crippen LogP contribution in [0.25, 0.3) is 0 Å². The van der Waals surface area contributed by atoms with E-state index in [1.54, 1.807) is 0 Å². The molecule has 2 N–H and O–H groups in total. The van der Waals surface area contributed by atoms with Crippen LogP contribution in [-0.2, 0) is 4.74 Å². The standard InChI is InChI=1S/C25H42N4O3.HI/c1-20(2)19-30-15-4-11-26-25(27-12-8-21-9-13-29(3)14-10-21)28-22-6-7-23-24(18-22)32-17-5-16-31-23;/h6-7,18,20-21H,4-5,8-17,19H2,1-3H3,(H2,26,27,28);1H. The maximum atomic E-state index is 5.84. The second kappa shape index (κ2) is 15.6. The minimum absolute atomic E-state index is 0. The summed E-state index contributed by atoms with van der Waals surface area (Å²) >= 11 is 0. The zero-order chi connectivity index (χ0) is 22.6. The van der Waals surface area contributed by atoms with Gasteiger partial charge in [-0.25, -0.2) is 0 Å². The van der Waals surface area contributed by atoms with Crippen molar-refractivity contribution < 1.29 is 14.2 Å². The summed E-state index contributed by atoms with van der Waals surface area (Å²) in [6.07, 6.45) is 5.56. The van der Waals surface area contributed by atoms with Crippen LogP contribution in [0, 0.1) is 11.8 Å². The van der Waals surface area contributed by atoms with E-state index in [2.05, 4.69) is 36.4 Å². The number of rotatable bonds is 10. The van der Waals surface area contributed by atoms with Crippen LogP contribution in [-0.4, -0.2) is 70.5 Å². The van der Waals surface area contributed by atoms with E-state index in [0.29, 0.717) is 19.1 Å². The molecule has 2 aliphatic rings. The molecular weight excluding hydrogens is 531 g/mol. The molecule has 0 bridgehead atoms. The molecule has 0 aromatic heterocycles. The van der Waals surface area contributed by atoms with Crippen LogP contribution < -0.4 is 20.1 Å². The number of halogens is 1. The average Bonchev–Trinajstić information content (AvgIpc) is 3.02. The van der Waals surface area contributed by atoms with Gasteiger partial charge in [-0.05, 0) is 69.8 Å². The van der Waals surface area contributed by atoms with Crippen molar-refractivity contribution in [2.75, 3.05) is 65.0 Å². The molecular formula is C25H43IN4O3. The summed E-state index contributed by atoms with van der Waals surface area (Å²) in [6, 6.07) is 5.99. The maximum absolute atomic E-state index is 5.84. The first-order chi connectivity index (χ1) is 15.6. The van der Waals surface area contributed by atoms with E-state index in [4.69, 9.17) is 19.2 Å². The van der Waals surface area contributed by atoms with Gasteiger partial charge in [0.05, 0.1) is 13.2 Å². The Balaban J connectivity index is 0.00000385. The zero-order valence-electron chi connectivity index (χ0n) is 20.6. The molecule has 2 heterocycles. The molecule has 1 aromatic rings. The predicted molar refractivity (Wildman–Crippen MR) is 147 cm³/mol. The Bertz CT molecular complexity index is 709. The van der Waals surface area contributed by atoms with Crippen LogP contribution in [0.5, 0.6) is 11.5 Å². The fraction of sp³-hybridized carbons (Fsp3) is 0.720. The zero-order valence-corrected chi connectivity index (χ0v) is 22.9. The van der Waals surface area contributed by atoms with Crippen molar-refractivity contribution in [3.05, 3.63) is 18.2 Å². The van der Waals surface area contributed by atoms with E-state index < -0.39 is 0 Å². The van der Waals surface area contributed by atoms with Crippen molar-refractivity contribution in [3.63, 3.8) is 0 Å². The number of aliphatic imine (C=N–C) groups is 1. The largest absolute Gasteiger partial charge is 0.490 e. The Morgan fingerprint density at radius 3 is 2.70 bits per heavy atom. The van der Waals surface area contributed by atoms with Gasteiger partial charge in [0, 0.05) is 44.5 Å². The summed E-state index contributed by atoms with van der Waals surface area (Å²) in [5.41, 5.74) is 0.954. The van der Waals surface area contributed by atoms with Gasteiger partial charge in [-0.2, -0.15) is 0 Å². The first-order valence-electron chi connectivity index (χ1n) is 12.3. The van der Waals surface area contributed by atoms with Crippen LogP contribution in [0.1, 0.15) is 46.0 Å². The molecule has 188 valence electrons. The second-order valence-electron chi connectivity index (χ2n) is 9.35. The third-order valence-corrected chi connectivity index (χ3v) is 5.86. The first kappa shape index (κ1) is 28.0. The van der Waals surface area contributed by atoms with E-state index >= 15 is 0 Å². The highest BCUT2D eigenvalue weighted by Crippen LogP contribution is 2.32. The van der Waals surface area contributed by atoms with Gasteiger partial charge in [-0.1, -0.05) is 13.8 Å². The Labute approximate surface area is 217 Å². The molecule has 0 saturated carbocycles. The lowest BCUT2D eigenvalue weighted by atomic mass is 9.94. The van der Waals surface area contributed by atoms with Gasteiger partial charge in [0.2, 0.25) is 0 Å². The first-order valence-corrected chi connectivity index (χ1v) is 12.3. The minimum Gasteiger partial charge on any atom is -0.490 e. The minimum atomic E-state index is 0. The van der Waals surface area contributed by atoms with Crippen molar-refractivity contribution in [1.82, 2.24) is 10.2 Å². The third-order valence-electron chi connectivity index (χ3n) is 5.86. The molecule has 0 atom stereocenters. The van der Waals surface area contributed by atoms with Crippen molar-refractivity contribution in [3.8, 4) is 11.5 Å². The Hall–Kier alpha value is -1.26. The lowest BCUT2D eigenvalue weighted by Crippen LogP contribution is -2.35. The molecule has 7 nitrogen and oxygen atoms in total. The van der Waals surface area contributed by atoms with Crippen molar-refractivity contribution in [1.29, 1.82) is 0 Å². The van der Waals surface area contributed by atoms with Gasteiger partial charge < -0.3 is 29.7 Å². The van der Waals surface area contributed by atoms with Gasteiger partial charge in [0.15, 0.2) is 17.5 Å². The number of piperidine rings is 1. The molecule has 0 amide bonds. The summed E-state index contributed by atoms with van der Waals surface area (Å²) in [5.74, 6) is 3.78. The predicted octanol–water partition coefficient (Wildman–Crippen LogP) is 4.62. The number of likely N-dealkylation sites (tertiary alicyclic amines) is 1. The van der Waals surface area contributed by atoms with E-state index in [0.717, 1.165) is 68.2 Å². The third kappa shape index (κ3) is 10.7. The lowest BCUT2D eigenvalue weighted by molar-refractivity contribution is 0.109. The molecule has 0 spiro atoms. The quantitative estimate of drug-likeness (QED) is 0.184. The van der Waals surface area contributed by atoms with E-state index in [-0.39, 0.29) is 24.0 Å².